The van der Waals surface area contributed by atoms with E-state index in [2.05, 4.69) is 21.9 Å². The van der Waals surface area contributed by atoms with Gasteiger partial charge in [0.25, 0.3) is 5.91 Å². The van der Waals surface area contributed by atoms with Crippen molar-refractivity contribution in [2.75, 3.05) is 13.7 Å². The van der Waals surface area contributed by atoms with Crippen LogP contribution < -0.4 is 24.8 Å². The van der Waals surface area contributed by atoms with Crippen molar-refractivity contribution >= 4 is 44.6 Å². The van der Waals surface area contributed by atoms with Gasteiger partial charge < -0.3 is 29.7 Å². The molecule has 3 aromatic rings. The molecule has 0 bridgehead atoms. The Bertz CT molecular complexity index is 2140. The van der Waals surface area contributed by atoms with Crippen LogP contribution in [-0.4, -0.2) is 90.3 Å². The summed E-state index contributed by atoms with van der Waals surface area (Å²) in [5, 5.41) is 6.45. The number of hydrogen-bond acceptors (Lipinski definition) is 10. The van der Waals surface area contributed by atoms with E-state index in [9.17, 15) is 27.6 Å². The average Bonchev–Trinajstić information content (AvgIpc) is 4.06. The third-order valence-corrected chi connectivity index (χ3v) is 12.1. The largest absolute Gasteiger partial charge is 0.497 e. The Morgan fingerprint density at radius 2 is 1.70 bits per heavy atom. The minimum absolute atomic E-state index is 0.000468. The van der Waals surface area contributed by atoms with Crippen LogP contribution in [0, 0.1) is 11.3 Å². The summed E-state index contributed by atoms with van der Waals surface area (Å²) in [6.07, 6.45) is 0.978. The molecule has 0 spiro atoms. The summed E-state index contributed by atoms with van der Waals surface area (Å²) in [5.74, 6) is -1.65. The van der Waals surface area contributed by atoms with E-state index >= 15 is 0 Å². The second-order valence-corrected chi connectivity index (χ2v) is 18.8. The minimum Gasteiger partial charge on any atom is -0.497 e. The highest BCUT2D eigenvalue weighted by Crippen LogP contribution is 2.45. The number of rotatable bonds is 12. The molecule has 1 aliphatic heterocycles. The Balaban J connectivity index is 1.33. The number of methoxy groups -OCH3 is 1. The molecule has 2 aliphatic carbocycles. The lowest BCUT2D eigenvalue weighted by atomic mass is 9.85. The van der Waals surface area contributed by atoms with Crippen LogP contribution >= 0.6 is 0 Å². The minimum atomic E-state index is -3.92. The molecule has 300 valence electrons. The van der Waals surface area contributed by atoms with Crippen molar-refractivity contribution in [2.24, 2.45) is 11.3 Å². The van der Waals surface area contributed by atoms with Gasteiger partial charge in [-0.3, -0.25) is 19.1 Å². The SMILES string of the molecule is C=CC1CC1(NC(=O)C1CC(Oc2nc(-c3ccc(OC)cc3)cc3ccccc23)CN1C(=O)C(NC(=O)OC(C)(C)C)C(C)(C)C)C(=O)NS(=O)(=O)C1CC1. The van der Waals surface area contributed by atoms with Gasteiger partial charge in [-0.25, -0.2) is 18.2 Å². The Hall–Kier alpha value is -5.18. The molecule has 5 unspecified atom stereocenters. The lowest BCUT2D eigenvalue weighted by molar-refractivity contribution is -0.143. The number of nitrogens with one attached hydrogen (secondary N) is 3. The second kappa shape index (κ2) is 15.1. The number of alkyl carbamates (subject to hydrolysis) is 1. The predicted octanol–water partition coefficient (Wildman–Crippen LogP) is 4.87. The lowest BCUT2D eigenvalue weighted by Crippen LogP contribution is -2.60. The molecule has 2 heterocycles. The van der Waals surface area contributed by atoms with Gasteiger partial charge >= 0.3 is 6.09 Å². The highest BCUT2D eigenvalue weighted by molar-refractivity contribution is 7.91. The summed E-state index contributed by atoms with van der Waals surface area (Å²) in [6.45, 7) is 14.2. The van der Waals surface area contributed by atoms with Gasteiger partial charge in [0.15, 0.2) is 0 Å². The first-order valence-electron chi connectivity index (χ1n) is 18.8. The zero-order chi connectivity index (χ0) is 40.8. The van der Waals surface area contributed by atoms with E-state index in [4.69, 9.17) is 19.2 Å². The number of pyridine rings is 1. The first kappa shape index (κ1) is 40.5. The van der Waals surface area contributed by atoms with Crippen LogP contribution in [0.3, 0.4) is 0 Å². The fourth-order valence-corrected chi connectivity index (χ4v) is 8.32. The molecule has 1 saturated heterocycles. The quantitative estimate of drug-likeness (QED) is 0.214. The molecule has 2 aromatic carbocycles. The molecular formula is C41H51N5O9S. The van der Waals surface area contributed by atoms with Gasteiger partial charge in [0, 0.05) is 23.3 Å². The summed E-state index contributed by atoms with van der Waals surface area (Å²) in [6, 6.07) is 14.6. The van der Waals surface area contributed by atoms with Crippen molar-refractivity contribution in [1.29, 1.82) is 0 Å². The van der Waals surface area contributed by atoms with E-state index in [1.807, 2.05) is 54.6 Å². The first-order valence-corrected chi connectivity index (χ1v) is 20.3. The van der Waals surface area contributed by atoms with Crippen LogP contribution in [0.4, 0.5) is 4.79 Å². The van der Waals surface area contributed by atoms with E-state index in [0.29, 0.717) is 35.6 Å². The summed E-state index contributed by atoms with van der Waals surface area (Å²) >= 11 is 0. The van der Waals surface area contributed by atoms with E-state index in [1.165, 1.54) is 11.0 Å². The van der Waals surface area contributed by atoms with Gasteiger partial charge in [0.2, 0.25) is 27.7 Å². The van der Waals surface area contributed by atoms with Crippen molar-refractivity contribution in [3.05, 3.63) is 67.3 Å². The number of nitrogens with zero attached hydrogens (tertiary/aromatic N) is 2. The molecule has 0 radical (unpaired) electrons. The molecule has 3 aliphatic rings. The topological polar surface area (TPSA) is 182 Å². The number of benzene rings is 2. The zero-order valence-electron chi connectivity index (χ0n) is 32.9. The normalized spacial score (nSPS) is 22.8. The Morgan fingerprint density at radius 1 is 1.02 bits per heavy atom. The van der Waals surface area contributed by atoms with Crippen LogP contribution in [0.15, 0.2) is 67.3 Å². The molecular weight excluding hydrogens is 739 g/mol. The maximum atomic E-state index is 14.6. The van der Waals surface area contributed by atoms with Gasteiger partial charge in [-0.1, -0.05) is 45.0 Å². The van der Waals surface area contributed by atoms with Crippen molar-refractivity contribution < 1.29 is 41.8 Å². The molecule has 14 nitrogen and oxygen atoms in total. The number of carbonyl (C=O) groups is 4. The number of carbonyl (C=O) groups excluding carboxylic acids is 4. The Kier molecular flexibility index (Phi) is 10.9. The predicted molar refractivity (Wildman–Crippen MR) is 210 cm³/mol. The number of sulfonamides is 1. The Labute approximate surface area is 327 Å². The van der Waals surface area contributed by atoms with Crippen LogP contribution in [0.2, 0.25) is 0 Å². The smallest absolute Gasteiger partial charge is 0.408 e. The monoisotopic (exact) mass is 789 g/mol. The summed E-state index contributed by atoms with van der Waals surface area (Å²) in [4.78, 5) is 61.9. The molecule has 15 heteroatoms. The summed E-state index contributed by atoms with van der Waals surface area (Å²) < 4.78 is 45.1. The zero-order valence-corrected chi connectivity index (χ0v) is 33.7. The standard InChI is InChI=1S/C41H51N5O9S/c1-9-26-22-41(26,37(49)45-56(51,52)29-18-19-29)44-34(47)32-21-28(23-46(32)36(48)33(39(2,3)4)43-38(50)55-40(5,6)7)54-35-30-13-11-10-12-25(30)20-31(42-35)24-14-16-27(53-8)17-15-24/h9-17,20,26,28-29,32-33H,1,18-19,21-23H2,2-8H3,(H,43,50)(H,44,47)(H,45,49). The van der Waals surface area contributed by atoms with Gasteiger partial charge in [-0.2, -0.15) is 0 Å². The second-order valence-electron chi connectivity index (χ2n) is 16.9. The fourth-order valence-electron chi connectivity index (χ4n) is 6.96. The number of aromatic nitrogens is 1. The van der Waals surface area contributed by atoms with Crippen LogP contribution in [0.25, 0.3) is 22.0 Å². The van der Waals surface area contributed by atoms with Crippen LogP contribution in [0.5, 0.6) is 11.6 Å². The van der Waals surface area contributed by atoms with Crippen molar-refractivity contribution in [3.63, 3.8) is 0 Å². The lowest BCUT2D eigenvalue weighted by Gasteiger charge is -2.36. The number of ether oxygens (including phenoxy) is 3. The Morgan fingerprint density at radius 3 is 2.29 bits per heavy atom. The molecule has 1 aromatic heterocycles. The van der Waals surface area contributed by atoms with Gasteiger partial charge in [-0.15, -0.1) is 6.58 Å². The highest BCUT2D eigenvalue weighted by atomic mass is 32.2. The third kappa shape index (κ3) is 8.77. The summed E-state index contributed by atoms with van der Waals surface area (Å²) in [5.41, 5.74) is -1.79. The number of likely N-dealkylation sites (tertiary alicyclic amines) is 1. The summed E-state index contributed by atoms with van der Waals surface area (Å²) in [7, 11) is -2.33. The van der Waals surface area contributed by atoms with E-state index in [-0.39, 0.29) is 19.4 Å². The highest BCUT2D eigenvalue weighted by Gasteiger charge is 2.62. The fraction of sp³-hybridized carbons (Fsp3) is 0.488. The molecule has 3 N–H and O–H groups in total. The van der Waals surface area contributed by atoms with Crippen LogP contribution in [-0.2, 0) is 29.1 Å². The maximum absolute atomic E-state index is 14.6. The third-order valence-electron chi connectivity index (χ3n) is 10.2. The number of amides is 4. The van der Waals surface area contributed by atoms with E-state index in [0.717, 1.165) is 10.9 Å². The van der Waals surface area contributed by atoms with Gasteiger partial charge in [0.05, 0.1) is 24.6 Å². The first-order chi connectivity index (χ1) is 26.2. The van der Waals surface area contributed by atoms with Crippen molar-refractivity contribution in [1.82, 2.24) is 25.2 Å². The van der Waals surface area contributed by atoms with Crippen molar-refractivity contribution in [2.45, 2.75) is 102 Å². The maximum Gasteiger partial charge on any atom is 0.408 e. The van der Waals surface area contributed by atoms with Crippen molar-refractivity contribution in [3.8, 4) is 22.9 Å². The number of hydrogen-bond donors (Lipinski definition) is 3. The van der Waals surface area contributed by atoms with Gasteiger partial charge in [0.1, 0.15) is 35.1 Å². The molecule has 5 atom stereocenters. The van der Waals surface area contributed by atoms with E-state index < -0.39 is 79.7 Å². The molecule has 2 saturated carbocycles. The van der Waals surface area contributed by atoms with Gasteiger partial charge in [-0.05, 0) is 87.2 Å². The number of fused-ring (bicyclic) bond motifs is 1. The average molecular weight is 790 g/mol. The molecule has 3 fully saturated rings. The molecule has 4 amide bonds. The molecule has 56 heavy (non-hydrogen) atoms. The van der Waals surface area contributed by atoms with E-state index in [1.54, 1.807) is 48.7 Å². The molecule has 6 rings (SSSR count). The van der Waals surface area contributed by atoms with Crippen LogP contribution in [0.1, 0.15) is 67.2 Å².